The summed E-state index contributed by atoms with van der Waals surface area (Å²) in [5.41, 5.74) is 6.30. The molecule has 0 bridgehead atoms. The molecule has 0 aliphatic heterocycles. The van der Waals surface area contributed by atoms with Crippen LogP contribution in [0.3, 0.4) is 0 Å². The standard InChI is InChI=1S/C12H14ClN5O/c1-15-10-6-11(18-12(14)17-10)16-9-5-7(19-2)3-4-8(9)13/h3-6H,1-2H3,(H4,14,15,16,17,18). The Morgan fingerprint density at radius 1 is 1.21 bits per heavy atom. The van der Waals surface area contributed by atoms with Crippen molar-refractivity contribution < 1.29 is 4.74 Å². The van der Waals surface area contributed by atoms with Crippen LogP contribution in [0.25, 0.3) is 0 Å². The van der Waals surface area contributed by atoms with Crippen molar-refractivity contribution in [1.29, 1.82) is 0 Å². The van der Waals surface area contributed by atoms with E-state index in [2.05, 4.69) is 20.6 Å². The van der Waals surface area contributed by atoms with E-state index in [4.69, 9.17) is 22.1 Å². The molecule has 4 N–H and O–H groups in total. The van der Waals surface area contributed by atoms with E-state index in [-0.39, 0.29) is 5.95 Å². The smallest absolute Gasteiger partial charge is 0.223 e. The van der Waals surface area contributed by atoms with Gasteiger partial charge in [0.15, 0.2) is 0 Å². The predicted octanol–water partition coefficient (Wildman–Crippen LogP) is 2.51. The van der Waals surface area contributed by atoms with E-state index < -0.39 is 0 Å². The van der Waals surface area contributed by atoms with Crippen molar-refractivity contribution in [2.75, 3.05) is 30.5 Å². The number of benzene rings is 1. The van der Waals surface area contributed by atoms with Gasteiger partial charge in [-0.05, 0) is 12.1 Å². The van der Waals surface area contributed by atoms with Crippen LogP contribution in [0.15, 0.2) is 24.3 Å². The van der Waals surface area contributed by atoms with E-state index in [1.807, 2.05) is 0 Å². The Hall–Kier alpha value is -2.21. The highest BCUT2D eigenvalue weighted by Gasteiger charge is 2.06. The number of hydrogen-bond donors (Lipinski definition) is 3. The van der Waals surface area contributed by atoms with E-state index in [0.29, 0.717) is 28.1 Å². The van der Waals surface area contributed by atoms with Crippen LogP contribution in [0.4, 0.5) is 23.3 Å². The summed E-state index contributed by atoms with van der Waals surface area (Å²) in [6.07, 6.45) is 0. The van der Waals surface area contributed by atoms with Gasteiger partial charge in [0.1, 0.15) is 17.4 Å². The minimum atomic E-state index is 0.174. The summed E-state index contributed by atoms with van der Waals surface area (Å²) in [5, 5.41) is 6.54. The number of nitrogens with zero attached hydrogens (tertiary/aromatic N) is 2. The molecule has 19 heavy (non-hydrogen) atoms. The third-order valence-corrected chi connectivity index (χ3v) is 2.77. The number of nitrogens with one attached hydrogen (secondary N) is 2. The average Bonchev–Trinajstić information content (AvgIpc) is 2.40. The molecular formula is C12H14ClN5O. The maximum atomic E-state index is 6.11. The minimum absolute atomic E-state index is 0.174. The van der Waals surface area contributed by atoms with Gasteiger partial charge in [-0.2, -0.15) is 9.97 Å². The van der Waals surface area contributed by atoms with Crippen LogP contribution < -0.4 is 21.1 Å². The normalized spacial score (nSPS) is 10.1. The fourth-order valence-corrected chi connectivity index (χ4v) is 1.69. The zero-order chi connectivity index (χ0) is 13.8. The zero-order valence-corrected chi connectivity index (χ0v) is 11.3. The van der Waals surface area contributed by atoms with Gasteiger partial charge in [0, 0.05) is 19.2 Å². The van der Waals surface area contributed by atoms with E-state index >= 15 is 0 Å². The molecular weight excluding hydrogens is 266 g/mol. The molecule has 0 amide bonds. The van der Waals surface area contributed by atoms with Crippen molar-refractivity contribution in [2.24, 2.45) is 0 Å². The lowest BCUT2D eigenvalue weighted by Crippen LogP contribution is -2.03. The number of nitrogen functional groups attached to an aromatic ring is 1. The highest BCUT2D eigenvalue weighted by atomic mass is 35.5. The molecule has 100 valence electrons. The Labute approximate surface area is 116 Å². The van der Waals surface area contributed by atoms with Crippen molar-refractivity contribution in [1.82, 2.24) is 9.97 Å². The number of halogens is 1. The zero-order valence-electron chi connectivity index (χ0n) is 10.6. The summed E-state index contributed by atoms with van der Waals surface area (Å²) < 4.78 is 5.15. The van der Waals surface area contributed by atoms with Crippen LogP contribution in [0.2, 0.25) is 5.02 Å². The molecule has 0 radical (unpaired) electrons. The number of aromatic nitrogens is 2. The van der Waals surface area contributed by atoms with E-state index in [9.17, 15) is 0 Å². The number of hydrogen-bond acceptors (Lipinski definition) is 6. The molecule has 0 atom stereocenters. The Morgan fingerprint density at radius 3 is 2.63 bits per heavy atom. The Bertz CT molecular complexity index is 590. The maximum Gasteiger partial charge on any atom is 0.223 e. The first-order valence-electron chi connectivity index (χ1n) is 5.55. The van der Waals surface area contributed by atoms with E-state index in [1.54, 1.807) is 38.4 Å². The van der Waals surface area contributed by atoms with Crippen LogP contribution in [-0.2, 0) is 0 Å². The first-order valence-corrected chi connectivity index (χ1v) is 5.93. The average molecular weight is 280 g/mol. The number of methoxy groups -OCH3 is 1. The van der Waals surface area contributed by atoms with Gasteiger partial charge in [-0.25, -0.2) is 0 Å². The van der Waals surface area contributed by atoms with Crippen LogP contribution in [-0.4, -0.2) is 24.1 Å². The van der Waals surface area contributed by atoms with Crippen molar-refractivity contribution in [3.63, 3.8) is 0 Å². The van der Waals surface area contributed by atoms with Crippen molar-refractivity contribution >= 4 is 34.9 Å². The molecule has 2 rings (SSSR count). The molecule has 7 heteroatoms. The van der Waals surface area contributed by atoms with Gasteiger partial charge in [-0.15, -0.1) is 0 Å². The summed E-state index contributed by atoms with van der Waals surface area (Å²) in [4.78, 5) is 8.10. The fraction of sp³-hybridized carbons (Fsp3) is 0.167. The maximum absolute atomic E-state index is 6.11. The Kier molecular flexibility index (Phi) is 3.91. The van der Waals surface area contributed by atoms with Gasteiger partial charge in [0.25, 0.3) is 0 Å². The largest absolute Gasteiger partial charge is 0.497 e. The van der Waals surface area contributed by atoms with Gasteiger partial charge in [0.2, 0.25) is 5.95 Å². The minimum Gasteiger partial charge on any atom is -0.497 e. The molecule has 6 nitrogen and oxygen atoms in total. The van der Waals surface area contributed by atoms with Gasteiger partial charge < -0.3 is 21.1 Å². The SMILES string of the molecule is CNc1cc(Nc2cc(OC)ccc2Cl)nc(N)n1. The summed E-state index contributed by atoms with van der Waals surface area (Å²) in [6, 6.07) is 7.03. The number of ether oxygens (including phenoxy) is 1. The van der Waals surface area contributed by atoms with Crippen LogP contribution in [0.1, 0.15) is 0 Å². The predicted molar refractivity (Wildman–Crippen MR) is 77.3 cm³/mol. The molecule has 1 aromatic heterocycles. The van der Waals surface area contributed by atoms with Gasteiger partial charge >= 0.3 is 0 Å². The van der Waals surface area contributed by atoms with Crippen LogP contribution in [0, 0.1) is 0 Å². The summed E-state index contributed by atoms with van der Waals surface area (Å²) in [6.45, 7) is 0. The molecule has 0 fully saturated rings. The summed E-state index contributed by atoms with van der Waals surface area (Å²) in [7, 11) is 3.35. The van der Waals surface area contributed by atoms with Crippen LogP contribution >= 0.6 is 11.6 Å². The van der Waals surface area contributed by atoms with E-state index in [0.717, 1.165) is 0 Å². The molecule has 0 spiro atoms. The first kappa shape index (κ1) is 13.2. The van der Waals surface area contributed by atoms with Gasteiger partial charge in [-0.1, -0.05) is 11.6 Å². The van der Waals surface area contributed by atoms with Crippen LogP contribution in [0.5, 0.6) is 5.75 Å². The second-order valence-corrected chi connectivity index (χ2v) is 4.12. The lowest BCUT2D eigenvalue weighted by molar-refractivity contribution is 0.415. The fourth-order valence-electron chi connectivity index (χ4n) is 1.52. The topological polar surface area (TPSA) is 85.1 Å². The number of nitrogens with two attached hydrogens (primary N) is 1. The van der Waals surface area contributed by atoms with E-state index in [1.165, 1.54) is 0 Å². The lowest BCUT2D eigenvalue weighted by Gasteiger charge is -2.10. The molecule has 0 saturated carbocycles. The summed E-state index contributed by atoms with van der Waals surface area (Å²) in [5.74, 6) is 2.04. The number of rotatable bonds is 4. The van der Waals surface area contributed by atoms with Crippen molar-refractivity contribution in [2.45, 2.75) is 0 Å². The molecule has 0 saturated heterocycles. The summed E-state index contributed by atoms with van der Waals surface area (Å²) >= 11 is 6.11. The second-order valence-electron chi connectivity index (χ2n) is 3.72. The Balaban J connectivity index is 2.32. The monoisotopic (exact) mass is 279 g/mol. The third-order valence-electron chi connectivity index (χ3n) is 2.44. The quantitative estimate of drug-likeness (QED) is 0.797. The molecule has 2 aromatic rings. The lowest BCUT2D eigenvalue weighted by atomic mass is 10.3. The number of anilines is 4. The van der Waals surface area contributed by atoms with Crippen molar-refractivity contribution in [3.8, 4) is 5.75 Å². The molecule has 1 heterocycles. The highest BCUT2D eigenvalue weighted by Crippen LogP contribution is 2.29. The molecule has 1 aromatic carbocycles. The first-order chi connectivity index (χ1) is 9.12. The van der Waals surface area contributed by atoms with Gasteiger partial charge in [0.05, 0.1) is 17.8 Å². The van der Waals surface area contributed by atoms with Crippen molar-refractivity contribution in [3.05, 3.63) is 29.3 Å². The Morgan fingerprint density at radius 2 is 1.95 bits per heavy atom. The molecule has 0 aliphatic carbocycles. The molecule has 0 unspecified atom stereocenters. The third kappa shape index (κ3) is 3.17. The van der Waals surface area contributed by atoms with Gasteiger partial charge in [-0.3, -0.25) is 0 Å². The highest BCUT2D eigenvalue weighted by molar-refractivity contribution is 6.33. The molecule has 0 aliphatic rings. The second kappa shape index (κ2) is 5.62.